The largest absolute Gasteiger partial charge is 0.486 e. The highest BCUT2D eigenvalue weighted by molar-refractivity contribution is 7.89. The van der Waals surface area contributed by atoms with Crippen LogP contribution in [0.1, 0.15) is 25.3 Å². The summed E-state index contributed by atoms with van der Waals surface area (Å²) in [5.41, 5.74) is 0.476. The maximum Gasteiger partial charge on any atom is 0.324 e. The molecule has 1 aliphatic rings. The van der Waals surface area contributed by atoms with E-state index >= 15 is 0 Å². The van der Waals surface area contributed by atoms with Crippen LogP contribution in [0, 0.1) is 12.8 Å². The Morgan fingerprint density at radius 2 is 1.97 bits per heavy atom. The highest BCUT2D eigenvalue weighted by atomic mass is 32.2. The van der Waals surface area contributed by atoms with E-state index < -0.39 is 22.0 Å². The van der Waals surface area contributed by atoms with Crippen molar-refractivity contribution in [3.63, 3.8) is 0 Å². The molecule has 11 heteroatoms. The average molecular weight is 493 g/mol. The topological polar surface area (TPSA) is 117 Å². The molecule has 0 saturated carbocycles. The van der Waals surface area contributed by atoms with Gasteiger partial charge in [0.1, 0.15) is 37.3 Å². The molecule has 3 heterocycles. The van der Waals surface area contributed by atoms with Gasteiger partial charge in [0, 0.05) is 6.07 Å². The van der Waals surface area contributed by atoms with Crippen molar-refractivity contribution >= 4 is 27.3 Å². The second-order valence-corrected chi connectivity index (χ2v) is 10.4. The van der Waals surface area contributed by atoms with Crippen LogP contribution in [-0.2, 0) is 26.2 Å². The van der Waals surface area contributed by atoms with E-state index in [0.29, 0.717) is 42.1 Å². The molecule has 3 aromatic rings. The van der Waals surface area contributed by atoms with Crippen molar-refractivity contribution < 1.29 is 31.8 Å². The van der Waals surface area contributed by atoms with Crippen LogP contribution in [0.15, 0.2) is 45.0 Å². The molecular formula is C22H24N2O7S2. The van der Waals surface area contributed by atoms with Gasteiger partial charge in [-0.05, 0) is 36.4 Å². The molecule has 1 aliphatic heterocycles. The molecule has 2 aromatic heterocycles. The fraction of sp³-hybridized carbons (Fsp3) is 0.364. The van der Waals surface area contributed by atoms with E-state index in [1.807, 2.05) is 17.5 Å². The van der Waals surface area contributed by atoms with Crippen molar-refractivity contribution in [3.05, 3.63) is 47.2 Å². The zero-order valence-electron chi connectivity index (χ0n) is 18.4. The normalized spacial score (nSPS) is 14.3. The fourth-order valence-electron chi connectivity index (χ4n) is 3.18. The number of rotatable bonds is 8. The van der Waals surface area contributed by atoms with E-state index in [4.69, 9.17) is 18.6 Å². The van der Waals surface area contributed by atoms with Crippen LogP contribution in [0.5, 0.6) is 11.5 Å². The Kier molecular flexibility index (Phi) is 6.73. The van der Waals surface area contributed by atoms with Gasteiger partial charge in [0.2, 0.25) is 15.9 Å². The number of thiophene rings is 1. The van der Waals surface area contributed by atoms with Crippen molar-refractivity contribution in [1.29, 1.82) is 0 Å². The van der Waals surface area contributed by atoms with E-state index in [2.05, 4.69) is 9.71 Å². The van der Waals surface area contributed by atoms with Crippen molar-refractivity contribution in [2.45, 2.75) is 38.3 Å². The maximum absolute atomic E-state index is 13.0. The van der Waals surface area contributed by atoms with E-state index in [0.717, 1.165) is 4.88 Å². The van der Waals surface area contributed by atoms with Gasteiger partial charge in [-0.3, -0.25) is 4.79 Å². The quantitative estimate of drug-likeness (QED) is 0.475. The molecule has 1 unspecified atom stereocenters. The fourth-order valence-corrected chi connectivity index (χ4v) is 5.18. The van der Waals surface area contributed by atoms with Crippen molar-refractivity contribution in [3.8, 4) is 22.3 Å². The number of sulfonamides is 1. The third kappa shape index (κ3) is 5.21. The van der Waals surface area contributed by atoms with Crippen molar-refractivity contribution in [1.82, 2.24) is 9.71 Å². The summed E-state index contributed by atoms with van der Waals surface area (Å²) in [6.45, 7) is 5.80. The van der Waals surface area contributed by atoms with Crippen LogP contribution in [0.2, 0.25) is 0 Å². The molecule has 0 saturated heterocycles. The number of oxazole rings is 1. The average Bonchev–Trinajstić information content (AvgIpc) is 3.45. The highest BCUT2D eigenvalue weighted by Crippen LogP contribution is 2.32. The number of carbonyl (C=O) groups is 1. The van der Waals surface area contributed by atoms with Crippen LogP contribution < -0.4 is 14.2 Å². The number of aromatic nitrogens is 1. The number of carbonyl (C=O) groups excluding carboxylic acids is 1. The second kappa shape index (κ2) is 9.54. The second-order valence-electron chi connectivity index (χ2n) is 7.76. The standard InChI is InChI=1S/C22H24N2O7S2/c1-13(2)20(24-33(26,27)15-6-7-17-18(11-15)29-9-8-28-17)22(25)30-12-16-14(3)31-21(23-16)19-5-4-10-32-19/h4-7,10-11,13,20,24H,8-9,12H2,1-3H3. The summed E-state index contributed by atoms with van der Waals surface area (Å²) in [4.78, 5) is 18.0. The Hall–Kier alpha value is -2.89. The monoisotopic (exact) mass is 492 g/mol. The minimum absolute atomic E-state index is 0.0295. The number of hydrogen-bond donors (Lipinski definition) is 1. The van der Waals surface area contributed by atoms with Gasteiger partial charge in [0.25, 0.3) is 0 Å². The van der Waals surface area contributed by atoms with Gasteiger partial charge in [-0.25, -0.2) is 13.4 Å². The van der Waals surface area contributed by atoms with Crippen LogP contribution in [0.25, 0.3) is 10.8 Å². The third-order valence-corrected chi connectivity index (χ3v) is 7.30. The predicted molar refractivity (Wildman–Crippen MR) is 121 cm³/mol. The van der Waals surface area contributed by atoms with Crippen molar-refractivity contribution in [2.75, 3.05) is 13.2 Å². The van der Waals surface area contributed by atoms with Crippen molar-refractivity contribution in [2.24, 2.45) is 5.92 Å². The number of fused-ring (bicyclic) bond motifs is 1. The van der Waals surface area contributed by atoms with Gasteiger partial charge in [0.15, 0.2) is 11.5 Å². The van der Waals surface area contributed by atoms with Crippen LogP contribution in [0.4, 0.5) is 0 Å². The maximum atomic E-state index is 13.0. The summed E-state index contributed by atoms with van der Waals surface area (Å²) in [5.74, 6) is 0.744. The highest BCUT2D eigenvalue weighted by Gasteiger charge is 2.31. The van der Waals surface area contributed by atoms with Gasteiger partial charge in [-0.2, -0.15) is 4.72 Å². The van der Waals surface area contributed by atoms with E-state index in [1.165, 1.54) is 29.5 Å². The molecule has 0 bridgehead atoms. The molecule has 33 heavy (non-hydrogen) atoms. The number of ether oxygens (including phenoxy) is 3. The predicted octanol–water partition coefficient (Wildman–Crippen LogP) is 3.53. The Morgan fingerprint density at radius 3 is 2.67 bits per heavy atom. The number of benzene rings is 1. The third-order valence-electron chi connectivity index (χ3n) is 5.00. The van der Waals surface area contributed by atoms with Crippen LogP contribution in [0.3, 0.4) is 0 Å². The lowest BCUT2D eigenvalue weighted by atomic mass is 10.1. The summed E-state index contributed by atoms with van der Waals surface area (Å²) < 4.78 is 50.3. The molecule has 1 atom stereocenters. The summed E-state index contributed by atoms with van der Waals surface area (Å²) in [6.07, 6.45) is 0. The number of aryl methyl sites for hydroxylation is 1. The number of nitrogens with zero attached hydrogens (tertiary/aromatic N) is 1. The molecule has 176 valence electrons. The summed E-state index contributed by atoms with van der Waals surface area (Å²) in [7, 11) is -4.02. The first-order chi connectivity index (χ1) is 15.7. The van der Waals surface area contributed by atoms with Crippen LogP contribution >= 0.6 is 11.3 Å². The van der Waals surface area contributed by atoms with E-state index in [9.17, 15) is 13.2 Å². The summed E-state index contributed by atoms with van der Waals surface area (Å²) >= 11 is 1.49. The zero-order valence-corrected chi connectivity index (χ0v) is 20.0. The van der Waals surface area contributed by atoms with Gasteiger partial charge >= 0.3 is 5.97 Å². The summed E-state index contributed by atoms with van der Waals surface area (Å²) in [5, 5.41) is 1.91. The minimum atomic E-state index is -4.02. The Bertz CT molecular complexity index is 1230. The number of nitrogens with one attached hydrogen (secondary N) is 1. The zero-order chi connectivity index (χ0) is 23.6. The van der Waals surface area contributed by atoms with Gasteiger partial charge in [-0.1, -0.05) is 19.9 Å². The summed E-state index contributed by atoms with van der Waals surface area (Å²) in [6, 6.07) is 7.00. The molecule has 1 aromatic carbocycles. The van der Waals surface area contributed by atoms with Crippen LogP contribution in [-0.4, -0.2) is 38.6 Å². The Morgan fingerprint density at radius 1 is 1.21 bits per heavy atom. The lowest BCUT2D eigenvalue weighted by molar-refractivity contribution is -0.148. The number of hydrogen-bond acceptors (Lipinski definition) is 9. The van der Waals surface area contributed by atoms with Gasteiger partial charge in [-0.15, -0.1) is 11.3 Å². The van der Waals surface area contributed by atoms with E-state index in [-0.39, 0.29) is 17.4 Å². The SMILES string of the molecule is Cc1oc(-c2cccs2)nc1COC(=O)C(NS(=O)(=O)c1ccc2c(c1)OCCO2)C(C)C. The lowest BCUT2D eigenvalue weighted by Gasteiger charge is -2.22. The molecule has 4 rings (SSSR count). The molecule has 0 fully saturated rings. The first-order valence-corrected chi connectivity index (χ1v) is 12.7. The Labute approximate surface area is 195 Å². The molecular weight excluding hydrogens is 468 g/mol. The molecule has 0 radical (unpaired) electrons. The van der Waals surface area contributed by atoms with Gasteiger partial charge in [0.05, 0.1) is 9.77 Å². The Balaban J connectivity index is 1.45. The number of esters is 1. The van der Waals surface area contributed by atoms with Gasteiger partial charge < -0.3 is 18.6 Å². The minimum Gasteiger partial charge on any atom is -0.486 e. The molecule has 9 nitrogen and oxygen atoms in total. The first-order valence-electron chi connectivity index (χ1n) is 10.3. The first kappa shape index (κ1) is 23.3. The molecule has 0 aliphatic carbocycles. The molecule has 0 amide bonds. The lowest BCUT2D eigenvalue weighted by Crippen LogP contribution is -2.45. The van der Waals surface area contributed by atoms with E-state index in [1.54, 1.807) is 20.8 Å². The smallest absolute Gasteiger partial charge is 0.324 e. The molecule has 1 N–H and O–H groups in total. The molecule has 0 spiro atoms.